The highest BCUT2D eigenvalue weighted by atomic mass is 16.5. The second-order valence-corrected chi connectivity index (χ2v) is 9.50. The molecule has 4 heteroatoms. The Morgan fingerprint density at radius 1 is 1.07 bits per heavy atom. The Labute approximate surface area is 176 Å². The van der Waals surface area contributed by atoms with Gasteiger partial charge in [-0.25, -0.2) is 0 Å². The molecule has 1 aromatic rings. The number of piperidine rings is 1. The molecule has 0 radical (unpaired) electrons. The molecule has 2 aliphatic heterocycles. The lowest BCUT2D eigenvalue weighted by atomic mass is 9.94. The van der Waals surface area contributed by atoms with E-state index in [-0.39, 0.29) is 5.78 Å². The van der Waals surface area contributed by atoms with Crippen molar-refractivity contribution in [1.29, 1.82) is 0 Å². The number of rotatable bonds is 8. The van der Waals surface area contributed by atoms with Crippen molar-refractivity contribution in [2.24, 2.45) is 5.92 Å². The van der Waals surface area contributed by atoms with E-state index in [1.165, 1.54) is 70.0 Å². The summed E-state index contributed by atoms with van der Waals surface area (Å²) in [4.78, 5) is 17.2. The summed E-state index contributed by atoms with van der Waals surface area (Å²) in [7, 11) is 0. The quantitative estimate of drug-likeness (QED) is 0.603. The molecule has 2 heterocycles. The number of carbonyl (C=O) groups excluding carboxylic acids is 1. The third kappa shape index (κ3) is 5.90. The van der Waals surface area contributed by atoms with Crippen molar-refractivity contribution in [2.45, 2.75) is 77.0 Å². The molecule has 0 bridgehead atoms. The standard InChI is InChI=1S/C25H38N2O2/c1-20(28)23-7-4-6-22(16-23)18-26(19-25-10-5-15-29-25)17-21-11-13-27(14-12-21)24-8-2-3-9-24/h4,6-7,16,21,24-25H,2-3,5,8-15,17-19H2,1H3/t25-/m1/s1. The van der Waals surface area contributed by atoms with E-state index < -0.39 is 0 Å². The van der Waals surface area contributed by atoms with E-state index in [0.29, 0.717) is 6.10 Å². The van der Waals surface area contributed by atoms with Gasteiger partial charge in [0.1, 0.15) is 0 Å². The lowest BCUT2D eigenvalue weighted by Gasteiger charge is -2.38. The fraction of sp³-hybridized carbons (Fsp3) is 0.720. The molecule has 160 valence electrons. The molecule has 1 atom stereocenters. The van der Waals surface area contributed by atoms with Crippen LogP contribution in [0.1, 0.15) is 74.2 Å². The van der Waals surface area contributed by atoms with E-state index in [9.17, 15) is 4.79 Å². The molecule has 0 N–H and O–H groups in total. The Kier molecular flexibility index (Phi) is 7.39. The summed E-state index contributed by atoms with van der Waals surface area (Å²) in [6.45, 7) is 8.23. The summed E-state index contributed by atoms with van der Waals surface area (Å²) in [6, 6.07) is 9.06. The Bertz CT molecular complexity index is 657. The van der Waals surface area contributed by atoms with Crippen molar-refractivity contribution >= 4 is 5.78 Å². The number of ether oxygens (including phenoxy) is 1. The molecule has 0 spiro atoms. The van der Waals surface area contributed by atoms with Gasteiger partial charge in [-0.1, -0.05) is 31.0 Å². The van der Waals surface area contributed by atoms with Crippen LogP contribution in [0.15, 0.2) is 24.3 Å². The number of benzene rings is 1. The highest BCUT2D eigenvalue weighted by molar-refractivity contribution is 5.94. The van der Waals surface area contributed by atoms with Gasteiger partial charge in [0, 0.05) is 37.8 Å². The predicted molar refractivity (Wildman–Crippen MR) is 117 cm³/mol. The molecule has 2 saturated heterocycles. The summed E-state index contributed by atoms with van der Waals surface area (Å²) in [5.74, 6) is 0.932. The molecule has 0 aromatic heterocycles. The summed E-state index contributed by atoms with van der Waals surface area (Å²) < 4.78 is 5.95. The van der Waals surface area contributed by atoms with E-state index in [4.69, 9.17) is 4.74 Å². The molecule has 3 fully saturated rings. The van der Waals surface area contributed by atoms with Crippen LogP contribution in [0.5, 0.6) is 0 Å². The van der Waals surface area contributed by atoms with Crippen LogP contribution in [0.4, 0.5) is 0 Å². The molecule has 29 heavy (non-hydrogen) atoms. The molecule has 4 nitrogen and oxygen atoms in total. The minimum Gasteiger partial charge on any atom is -0.377 e. The second kappa shape index (κ2) is 10.2. The number of likely N-dealkylation sites (tertiary alicyclic amines) is 1. The predicted octanol–water partition coefficient (Wildman–Crippen LogP) is 4.52. The lowest BCUT2D eigenvalue weighted by molar-refractivity contribution is 0.0540. The first kappa shape index (κ1) is 21.0. The number of Topliss-reactive ketones (excluding diaryl/α,β-unsaturated/α-hetero) is 1. The zero-order valence-corrected chi connectivity index (χ0v) is 18.2. The van der Waals surface area contributed by atoms with Gasteiger partial charge in [0.15, 0.2) is 5.78 Å². The van der Waals surface area contributed by atoms with Crippen LogP contribution in [-0.4, -0.2) is 60.5 Å². The van der Waals surface area contributed by atoms with Gasteiger partial charge in [-0.15, -0.1) is 0 Å². The maximum Gasteiger partial charge on any atom is 0.159 e. The van der Waals surface area contributed by atoms with E-state index in [1.54, 1.807) is 6.92 Å². The van der Waals surface area contributed by atoms with Crippen LogP contribution in [0.3, 0.4) is 0 Å². The first-order valence-corrected chi connectivity index (χ1v) is 11.9. The van der Waals surface area contributed by atoms with Gasteiger partial charge in [0.25, 0.3) is 0 Å². The van der Waals surface area contributed by atoms with Crippen molar-refractivity contribution in [1.82, 2.24) is 9.80 Å². The number of carbonyl (C=O) groups is 1. The molecular weight excluding hydrogens is 360 g/mol. The average molecular weight is 399 g/mol. The summed E-state index contributed by atoms with van der Waals surface area (Å²) in [5, 5.41) is 0. The van der Waals surface area contributed by atoms with Gasteiger partial charge in [0.05, 0.1) is 6.10 Å². The maximum absolute atomic E-state index is 11.8. The highest BCUT2D eigenvalue weighted by Gasteiger charge is 2.29. The maximum atomic E-state index is 11.8. The number of hydrogen-bond donors (Lipinski definition) is 0. The van der Waals surface area contributed by atoms with Crippen LogP contribution >= 0.6 is 0 Å². The van der Waals surface area contributed by atoms with Crippen molar-refractivity contribution in [2.75, 3.05) is 32.8 Å². The molecule has 4 rings (SSSR count). The molecule has 1 aromatic carbocycles. The Balaban J connectivity index is 1.35. The smallest absolute Gasteiger partial charge is 0.159 e. The van der Waals surface area contributed by atoms with Crippen molar-refractivity contribution in [3.63, 3.8) is 0 Å². The molecule has 3 aliphatic rings. The number of ketones is 1. The molecular formula is C25H38N2O2. The monoisotopic (exact) mass is 398 g/mol. The average Bonchev–Trinajstić information content (AvgIpc) is 3.43. The van der Waals surface area contributed by atoms with Crippen LogP contribution in [0, 0.1) is 5.92 Å². The Morgan fingerprint density at radius 3 is 2.55 bits per heavy atom. The van der Waals surface area contributed by atoms with E-state index in [2.05, 4.69) is 21.9 Å². The summed E-state index contributed by atoms with van der Waals surface area (Å²) in [5.41, 5.74) is 2.07. The van der Waals surface area contributed by atoms with Crippen LogP contribution in [0.2, 0.25) is 0 Å². The molecule has 0 amide bonds. The SMILES string of the molecule is CC(=O)c1cccc(CN(CC2CCN(C3CCCC3)CC2)C[C@H]2CCCO2)c1. The van der Waals surface area contributed by atoms with Gasteiger partial charge in [-0.2, -0.15) is 0 Å². The van der Waals surface area contributed by atoms with Crippen molar-refractivity contribution in [3.8, 4) is 0 Å². The van der Waals surface area contributed by atoms with E-state index in [0.717, 1.165) is 43.8 Å². The van der Waals surface area contributed by atoms with Gasteiger partial charge >= 0.3 is 0 Å². The largest absolute Gasteiger partial charge is 0.377 e. The van der Waals surface area contributed by atoms with Crippen LogP contribution < -0.4 is 0 Å². The minimum absolute atomic E-state index is 0.150. The first-order chi connectivity index (χ1) is 14.2. The molecule has 1 aliphatic carbocycles. The number of hydrogen-bond acceptors (Lipinski definition) is 4. The third-order valence-electron chi connectivity index (χ3n) is 7.23. The van der Waals surface area contributed by atoms with Crippen LogP contribution in [0.25, 0.3) is 0 Å². The van der Waals surface area contributed by atoms with Gasteiger partial charge in [0.2, 0.25) is 0 Å². The molecule has 0 unspecified atom stereocenters. The zero-order chi connectivity index (χ0) is 20.1. The Morgan fingerprint density at radius 2 is 1.86 bits per heavy atom. The number of nitrogens with zero attached hydrogens (tertiary/aromatic N) is 2. The lowest BCUT2D eigenvalue weighted by Crippen LogP contribution is -2.43. The zero-order valence-electron chi connectivity index (χ0n) is 18.2. The first-order valence-electron chi connectivity index (χ1n) is 11.9. The third-order valence-corrected chi connectivity index (χ3v) is 7.23. The Hall–Kier alpha value is -1.23. The van der Waals surface area contributed by atoms with E-state index >= 15 is 0 Å². The fourth-order valence-corrected chi connectivity index (χ4v) is 5.56. The highest BCUT2D eigenvalue weighted by Crippen LogP contribution is 2.28. The summed E-state index contributed by atoms with van der Waals surface area (Å²) in [6.07, 6.45) is 11.1. The van der Waals surface area contributed by atoms with Crippen molar-refractivity contribution in [3.05, 3.63) is 35.4 Å². The van der Waals surface area contributed by atoms with Gasteiger partial charge < -0.3 is 9.64 Å². The van der Waals surface area contributed by atoms with Crippen LogP contribution in [-0.2, 0) is 11.3 Å². The topological polar surface area (TPSA) is 32.8 Å². The van der Waals surface area contributed by atoms with E-state index in [1.807, 2.05) is 12.1 Å². The molecule has 1 saturated carbocycles. The van der Waals surface area contributed by atoms with Gasteiger partial charge in [-0.05, 0) is 76.1 Å². The second-order valence-electron chi connectivity index (χ2n) is 9.50. The normalized spacial score (nSPS) is 24.6. The fourth-order valence-electron chi connectivity index (χ4n) is 5.56. The van der Waals surface area contributed by atoms with Gasteiger partial charge in [-0.3, -0.25) is 9.69 Å². The minimum atomic E-state index is 0.150. The summed E-state index contributed by atoms with van der Waals surface area (Å²) >= 11 is 0. The van der Waals surface area contributed by atoms with Crippen molar-refractivity contribution < 1.29 is 9.53 Å².